The van der Waals surface area contributed by atoms with Gasteiger partial charge in [-0.25, -0.2) is 0 Å². The van der Waals surface area contributed by atoms with Gasteiger partial charge in [0.1, 0.15) is 0 Å². The number of hydrogen-bond acceptors (Lipinski definition) is 3. The van der Waals surface area contributed by atoms with Crippen molar-refractivity contribution in [3.8, 4) is 0 Å². The molecule has 0 bridgehead atoms. The Morgan fingerprint density at radius 2 is 2.05 bits per heavy atom. The molecule has 1 amide bonds. The predicted molar refractivity (Wildman–Crippen MR) is 79.6 cm³/mol. The van der Waals surface area contributed by atoms with Gasteiger partial charge in [0.15, 0.2) is 0 Å². The predicted octanol–water partition coefficient (Wildman–Crippen LogP) is 1.72. The molecule has 0 atom stereocenters. The molecule has 3 N–H and O–H groups in total. The van der Waals surface area contributed by atoms with Gasteiger partial charge in [-0.3, -0.25) is 9.59 Å². The maximum absolute atomic E-state index is 12.5. The van der Waals surface area contributed by atoms with E-state index in [9.17, 15) is 9.59 Å². The lowest BCUT2D eigenvalue weighted by Crippen LogP contribution is -2.44. The lowest BCUT2D eigenvalue weighted by Gasteiger charge is -2.34. The van der Waals surface area contributed by atoms with Gasteiger partial charge < -0.3 is 15.6 Å². The second-order valence-corrected chi connectivity index (χ2v) is 5.54. The largest absolute Gasteiger partial charge is 0.329 e. The van der Waals surface area contributed by atoms with Crippen LogP contribution < -0.4 is 16.6 Å². The molecule has 5 heteroatoms. The third-order valence-corrected chi connectivity index (χ3v) is 4.27. The summed E-state index contributed by atoms with van der Waals surface area (Å²) in [5.74, 6) is -0.0130. The molecule has 0 spiro atoms. The monoisotopic (exact) mass is 277 g/mol. The summed E-state index contributed by atoms with van der Waals surface area (Å²) in [4.78, 5) is 24.1. The summed E-state index contributed by atoms with van der Waals surface area (Å²) >= 11 is 0. The second kappa shape index (κ2) is 6.22. The lowest BCUT2D eigenvalue weighted by molar-refractivity contribution is -0.126. The molecular formula is C15H23N3O2. The molecule has 0 radical (unpaired) electrons. The number of carbonyl (C=O) groups is 1. The van der Waals surface area contributed by atoms with Crippen molar-refractivity contribution in [1.82, 2.24) is 4.57 Å². The smallest absolute Gasteiger partial charge is 0.250 e. The molecule has 1 aliphatic rings. The van der Waals surface area contributed by atoms with Gasteiger partial charge >= 0.3 is 0 Å². The summed E-state index contributed by atoms with van der Waals surface area (Å²) in [7, 11) is 0. The van der Waals surface area contributed by atoms with Crippen molar-refractivity contribution in [3.63, 3.8) is 0 Å². The Bertz CT molecular complexity index is 530. The van der Waals surface area contributed by atoms with E-state index in [-0.39, 0.29) is 11.5 Å². The van der Waals surface area contributed by atoms with Gasteiger partial charge in [0, 0.05) is 25.4 Å². The molecule has 1 aliphatic carbocycles. The quantitative estimate of drug-likeness (QED) is 0.879. The molecule has 0 aliphatic heterocycles. The molecule has 1 saturated carbocycles. The number of carbonyl (C=O) groups excluding carboxylic acids is 1. The molecule has 5 nitrogen and oxygen atoms in total. The van der Waals surface area contributed by atoms with E-state index >= 15 is 0 Å². The highest BCUT2D eigenvalue weighted by Gasteiger charge is 2.38. The minimum Gasteiger partial charge on any atom is -0.329 e. The summed E-state index contributed by atoms with van der Waals surface area (Å²) in [6.07, 6.45) is 6.67. The molecule has 1 aromatic heterocycles. The maximum Gasteiger partial charge on any atom is 0.250 e. The molecule has 0 aromatic carbocycles. The number of amides is 1. The highest BCUT2D eigenvalue weighted by molar-refractivity contribution is 5.95. The van der Waals surface area contributed by atoms with Crippen LogP contribution >= 0.6 is 0 Å². The van der Waals surface area contributed by atoms with E-state index in [4.69, 9.17) is 5.73 Å². The van der Waals surface area contributed by atoms with Crippen molar-refractivity contribution < 1.29 is 4.79 Å². The van der Waals surface area contributed by atoms with Crippen LogP contribution in [0.25, 0.3) is 0 Å². The van der Waals surface area contributed by atoms with E-state index in [1.807, 2.05) is 6.92 Å². The molecule has 20 heavy (non-hydrogen) atoms. The van der Waals surface area contributed by atoms with E-state index < -0.39 is 5.41 Å². The first-order chi connectivity index (χ1) is 9.61. The van der Waals surface area contributed by atoms with Gasteiger partial charge in [0.25, 0.3) is 5.56 Å². The van der Waals surface area contributed by atoms with Crippen molar-refractivity contribution in [2.24, 2.45) is 11.1 Å². The minimum absolute atomic E-state index is 0.0130. The maximum atomic E-state index is 12.5. The highest BCUT2D eigenvalue weighted by atomic mass is 16.2. The third-order valence-electron chi connectivity index (χ3n) is 4.27. The van der Waals surface area contributed by atoms with Crippen molar-refractivity contribution in [2.75, 3.05) is 11.9 Å². The number of aryl methyl sites for hydroxylation is 1. The van der Waals surface area contributed by atoms with Gasteiger partial charge in [-0.15, -0.1) is 0 Å². The van der Waals surface area contributed by atoms with Crippen molar-refractivity contribution in [3.05, 3.63) is 28.7 Å². The molecule has 1 fully saturated rings. The zero-order chi connectivity index (χ0) is 14.6. The summed E-state index contributed by atoms with van der Waals surface area (Å²) in [6, 6.07) is 3.13. The van der Waals surface area contributed by atoms with Gasteiger partial charge in [0.05, 0.1) is 11.1 Å². The molecule has 1 aromatic rings. The van der Waals surface area contributed by atoms with E-state index in [1.165, 1.54) is 12.5 Å². The van der Waals surface area contributed by atoms with Crippen LogP contribution in [-0.4, -0.2) is 17.0 Å². The Balaban J connectivity index is 2.16. The molecule has 0 unspecified atom stereocenters. The zero-order valence-corrected chi connectivity index (χ0v) is 12.0. The van der Waals surface area contributed by atoms with E-state index in [1.54, 1.807) is 16.8 Å². The summed E-state index contributed by atoms with van der Waals surface area (Å²) in [5.41, 5.74) is 6.02. The first-order valence-corrected chi connectivity index (χ1v) is 7.33. The fourth-order valence-corrected chi connectivity index (χ4v) is 2.87. The van der Waals surface area contributed by atoms with Gasteiger partial charge in [0.2, 0.25) is 5.91 Å². The van der Waals surface area contributed by atoms with Crippen LogP contribution in [-0.2, 0) is 11.3 Å². The normalized spacial score (nSPS) is 17.7. The number of pyridine rings is 1. The second-order valence-electron chi connectivity index (χ2n) is 5.54. The van der Waals surface area contributed by atoms with Crippen LogP contribution in [0.3, 0.4) is 0 Å². The van der Waals surface area contributed by atoms with Crippen molar-refractivity contribution in [1.29, 1.82) is 0 Å². The number of aromatic nitrogens is 1. The Morgan fingerprint density at radius 3 is 2.65 bits per heavy atom. The zero-order valence-electron chi connectivity index (χ0n) is 12.0. The Labute approximate surface area is 119 Å². The number of hydrogen-bond donors (Lipinski definition) is 2. The molecule has 0 saturated heterocycles. The number of nitrogens with zero attached hydrogens (tertiary/aromatic N) is 1. The van der Waals surface area contributed by atoms with E-state index in [0.717, 1.165) is 25.7 Å². The van der Waals surface area contributed by atoms with Crippen LogP contribution in [0.2, 0.25) is 0 Å². The van der Waals surface area contributed by atoms with E-state index in [0.29, 0.717) is 18.8 Å². The van der Waals surface area contributed by atoms with Crippen LogP contribution in [0.5, 0.6) is 0 Å². The fourth-order valence-electron chi connectivity index (χ4n) is 2.87. The first-order valence-electron chi connectivity index (χ1n) is 7.33. The van der Waals surface area contributed by atoms with Crippen LogP contribution in [0.4, 0.5) is 5.69 Å². The number of rotatable bonds is 4. The fraction of sp³-hybridized carbons (Fsp3) is 0.600. The summed E-state index contributed by atoms with van der Waals surface area (Å²) in [5, 5.41) is 2.93. The number of nitrogens with two attached hydrogens (primary N) is 1. The lowest BCUT2D eigenvalue weighted by atomic mass is 9.73. The Morgan fingerprint density at radius 1 is 1.35 bits per heavy atom. The average Bonchev–Trinajstić information content (AvgIpc) is 2.49. The molecule has 1 heterocycles. The Kier molecular flexibility index (Phi) is 4.60. The average molecular weight is 277 g/mol. The number of nitrogens with one attached hydrogen (secondary N) is 1. The van der Waals surface area contributed by atoms with Crippen LogP contribution in [0.15, 0.2) is 23.1 Å². The summed E-state index contributed by atoms with van der Waals surface area (Å²) < 4.78 is 1.58. The molecule has 2 rings (SSSR count). The summed E-state index contributed by atoms with van der Waals surface area (Å²) in [6.45, 7) is 2.87. The topological polar surface area (TPSA) is 77.1 Å². The van der Waals surface area contributed by atoms with Crippen LogP contribution in [0.1, 0.15) is 39.0 Å². The van der Waals surface area contributed by atoms with E-state index in [2.05, 4.69) is 5.32 Å². The van der Waals surface area contributed by atoms with Gasteiger partial charge in [-0.05, 0) is 25.8 Å². The Hall–Kier alpha value is -1.62. The van der Waals surface area contributed by atoms with Gasteiger partial charge in [-0.1, -0.05) is 19.3 Å². The van der Waals surface area contributed by atoms with Crippen molar-refractivity contribution in [2.45, 2.75) is 45.6 Å². The van der Waals surface area contributed by atoms with Gasteiger partial charge in [-0.2, -0.15) is 0 Å². The van der Waals surface area contributed by atoms with Crippen molar-refractivity contribution >= 4 is 11.6 Å². The number of anilines is 1. The first kappa shape index (κ1) is 14.8. The third kappa shape index (κ3) is 2.93. The van der Waals surface area contributed by atoms with Crippen LogP contribution in [0, 0.1) is 5.41 Å². The SMILES string of the molecule is CCn1cc(NC(=O)C2(CN)CCCCC2)ccc1=O. The molecule has 110 valence electrons. The molecular weight excluding hydrogens is 254 g/mol. The minimum atomic E-state index is -0.439. The standard InChI is InChI=1S/C15H23N3O2/c1-2-18-10-12(6-7-13(18)19)17-14(20)15(11-16)8-4-3-5-9-15/h6-7,10H,2-5,8-9,11,16H2,1H3,(H,17,20). The highest BCUT2D eigenvalue weighted by Crippen LogP contribution is 2.36.